The van der Waals surface area contributed by atoms with Gasteiger partial charge >= 0.3 is 5.97 Å². The summed E-state index contributed by atoms with van der Waals surface area (Å²) in [6, 6.07) is 7.15. The molecule has 1 aromatic carbocycles. The molecule has 3 nitrogen and oxygen atoms in total. The SMILES string of the molecule is Cc1cc2cccc(C(=O)O)c2nc1C. The van der Waals surface area contributed by atoms with Crippen LogP contribution < -0.4 is 0 Å². The molecule has 0 aliphatic heterocycles. The molecule has 0 bridgehead atoms. The third kappa shape index (κ3) is 1.56. The van der Waals surface area contributed by atoms with E-state index in [2.05, 4.69) is 4.98 Å². The van der Waals surface area contributed by atoms with Crippen molar-refractivity contribution in [3.05, 3.63) is 41.1 Å². The number of carbonyl (C=O) groups is 1. The van der Waals surface area contributed by atoms with E-state index in [9.17, 15) is 4.79 Å². The number of fused-ring (bicyclic) bond motifs is 1. The molecule has 0 atom stereocenters. The second-order valence-corrected chi connectivity index (χ2v) is 3.57. The predicted octanol–water partition coefficient (Wildman–Crippen LogP) is 2.55. The molecule has 15 heavy (non-hydrogen) atoms. The normalized spacial score (nSPS) is 10.5. The molecule has 0 spiro atoms. The Morgan fingerprint density at radius 2 is 2.07 bits per heavy atom. The third-order valence-corrected chi connectivity index (χ3v) is 2.52. The summed E-state index contributed by atoms with van der Waals surface area (Å²) in [4.78, 5) is 15.3. The number of carboxylic acid groups (broad SMARTS) is 1. The standard InChI is InChI=1S/C12H11NO2/c1-7-6-9-4-3-5-10(12(14)15)11(9)13-8(7)2/h3-6H,1-2H3,(H,14,15). The fourth-order valence-electron chi connectivity index (χ4n) is 1.57. The molecule has 0 aliphatic carbocycles. The Bertz CT molecular complexity index is 547. The highest BCUT2D eigenvalue weighted by atomic mass is 16.4. The van der Waals surface area contributed by atoms with Crippen LogP contribution in [0.4, 0.5) is 0 Å². The van der Waals surface area contributed by atoms with Crippen LogP contribution in [0.5, 0.6) is 0 Å². The average molecular weight is 201 g/mol. The highest BCUT2D eigenvalue weighted by molar-refractivity contribution is 6.01. The fraction of sp³-hybridized carbons (Fsp3) is 0.167. The second kappa shape index (κ2) is 3.35. The molecule has 1 aromatic heterocycles. The van der Waals surface area contributed by atoms with Gasteiger partial charge in [0.1, 0.15) is 0 Å². The topological polar surface area (TPSA) is 50.2 Å². The van der Waals surface area contributed by atoms with Crippen molar-refractivity contribution in [2.24, 2.45) is 0 Å². The summed E-state index contributed by atoms with van der Waals surface area (Å²) in [7, 11) is 0. The lowest BCUT2D eigenvalue weighted by Crippen LogP contribution is -2.00. The summed E-state index contributed by atoms with van der Waals surface area (Å²) in [5.41, 5.74) is 2.77. The van der Waals surface area contributed by atoms with Gasteiger partial charge in [-0.1, -0.05) is 12.1 Å². The number of pyridine rings is 1. The van der Waals surface area contributed by atoms with Gasteiger partial charge in [0.15, 0.2) is 0 Å². The molecular weight excluding hydrogens is 190 g/mol. The molecule has 2 aromatic rings. The van der Waals surface area contributed by atoms with Crippen molar-refractivity contribution in [1.29, 1.82) is 0 Å². The van der Waals surface area contributed by atoms with E-state index in [1.807, 2.05) is 26.0 Å². The summed E-state index contributed by atoms with van der Waals surface area (Å²) in [6.07, 6.45) is 0. The minimum atomic E-state index is -0.934. The number of para-hydroxylation sites is 1. The van der Waals surface area contributed by atoms with Crippen molar-refractivity contribution in [3.8, 4) is 0 Å². The van der Waals surface area contributed by atoms with Crippen molar-refractivity contribution in [3.63, 3.8) is 0 Å². The Labute approximate surface area is 87.4 Å². The van der Waals surface area contributed by atoms with Gasteiger partial charge in [-0.15, -0.1) is 0 Å². The average Bonchev–Trinajstić information content (AvgIpc) is 2.18. The minimum Gasteiger partial charge on any atom is -0.478 e. The first-order chi connectivity index (χ1) is 7.09. The molecule has 0 saturated heterocycles. The van der Waals surface area contributed by atoms with Gasteiger partial charge in [-0.2, -0.15) is 0 Å². The van der Waals surface area contributed by atoms with Crippen molar-refractivity contribution in [2.45, 2.75) is 13.8 Å². The summed E-state index contributed by atoms with van der Waals surface area (Å²) < 4.78 is 0. The first kappa shape index (κ1) is 9.65. The van der Waals surface area contributed by atoms with Crippen molar-refractivity contribution >= 4 is 16.9 Å². The summed E-state index contributed by atoms with van der Waals surface area (Å²) >= 11 is 0. The zero-order valence-corrected chi connectivity index (χ0v) is 8.61. The Morgan fingerprint density at radius 1 is 1.33 bits per heavy atom. The van der Waals surface area contributed by atoms with Crippen molar-refractivity contribution < 1.29 is 9.90 Å². The molecule has 0 radical (unpaired) electrons. The van der Waals surface area contributed by atoms with E-state index in [1.54, 1.807) is 12.1 Å². The van der Waals surface area contributed by atoms with Gasteiger partial charge < -0.3 is 5.11 Å². The number of carboxylic acids is 1. The smallest absolute Gasteiger partial charge is 0.337 e. The molecule has 0 unspecified atom stereocenters. The summed E-state index contributed by atoms with van der Waals surface area (Å²) in [5, 5.41) is 9.88. The van der Waals surface area contributed by atoms with Crippen LogP contribution in [0.2, 0.25) is 0 Å². The van der Waals surface area contributed by atoms with E-state index in [4.69, 9.17) is 5.11 Å². The summed E-state index contributed by atoms with van der Waals surface area (Å²) in [5.74, 6) is -0.934. The van der Waals surface area contributed by atoms with Crippen LogP contribution in [-0.4, -0.2) is 16.1 Å². The Morgan fingerprint density at radius 3 is 2.73 bits per heavy atom. The lowest BCUT2D eigenvalue weighted by Gasteiger charge is -2.05. The Balaban J connectivity index is 2.86. The van der Waals surface area contributed by atoms with Crippen LogP contribution in [0, 0.1) is 13.8 Å². The van der Waals surface area contributed by atoms with Gasteiger partial charge in [0, 0.05) is 11.1 Å². The number of aromatic nitrogens is 1. The number of hydrogen-bond donors (Lipinski definition) is 1. The van der Waals surface area contributed by atoms with Crippen LogP contribution in [0.1, 0.15) is 21.6 Å². The Hall–Kier alpha value is -1.90. The molecule has 1 heterocycles. The number of nitrogens with zero attached hydrogens (tertiary/aromatic N) is 1. The molecule has 3 heteroatoms. The lowest BCUT2D eigenvalue weighted by atomic mass is 10.1. The van der Waals surface area contributed by atoms with Crippen LogP contribution in [0.3, 0.4) is 0 Å². The van der Waals surface area contributed by atoms with Crippen molar-refractivity contribution in [2.75, 3.05) is 0 Å². The maximum Gasteiger partial charge on any atom is 0.337 e. The van der Waals surface area contributed by atoms with Gasteiger partial charge in [-0.25, -0.2) is 4.79 Å². The molecule has 0 fully saturated rings. The number of aromatic carboxylic acids is 1. The first-order valence-corrected chi connectivity index (χ1v) is 4.70. The van der Waals surface area contributed by atoms with Gasteiger partial charge in [0.25, 0.3) is 0 Å². The molecule has 0 aliphatic rings. The summed E-state index contributed by atoms with van der Waals surface area (Å²) in [6.45, 7) is 3.85. The van der Waals surface area contributed by atoms with Gasteiger partial charge in [0.2, 0.25) is 0 Å². The highest BCUT2D eigenvalue weighted by Gasteiger charge is 2.09. The molecule has 76 valence electrons. The fourth-order valence-corrected chi connectivity index (χ4v) is 1.57. The van der Waals surface area contributed by atoms with E-state index in [0.717, 1.165) is 16.6 Å². The largest absolute Gasteiger partial charge is 0.478 e. The van der Waals surface area contributed by atoms with Gasteiger partial charge in [-0.3, -0.25) is 4.98 Å². The van der Waals surface area contributed by atoms with Crippen LogP contribution in [-0.2, 0) is 0 Å². The van der Waals surface area contributed by atoms with E-state index in [1.165, 1.54) is 0 Å². The third-order valence-electron chi connectivity index (χ3n) is 2.52. The molecule has 1 N–H and O–H groups in total. The predicted molar refractivity (Wildman–Crippen MR) is 58.2 cm³/mol. The minimum absolute atomic E-state index is 0.260. The van der Waals surface area contributed by atoms with E-state index in [-0.39, 0.29) is 5.56 Å². The maximum atomic E-state index is 11.0. The number of benzene rings is 1. The van der Waals surface area contributed by atoms with Crippen molar-refractivity contribution in [1.82, 2.24) is 4.98 Å². The van der Waals surface area contributed by atoms with E-state index in [0.29, 0.717) is 5.52 Å². The van der Waals surface area contributed by atoms with Crippen LogP contribution in [0.15, 0.2) is 24.3 Å². The molecule has 0 amide bonds. The number of rotatable bonds is 1. The first-order valence-electron chi connectivity index (χ1n) is 4.70. The van der Waals surface area contributed by atoms with Crippen LogP contribution >= 0.6 is 0 Å². The van der Waals surface area contributed by atoms with E-state index >= 15 is 0 Å². The lowest BCUT2D eigenvalue weighted by molar-refractivity contribution is 0.0699. The number of hydrogen-bond acceptors (Lipinski definition) is 2. The second-order valence-electron chi connectivity index (χ2n) is 3.57. The van der Waals surface area contributed by atoms with Crippen LogP contribution in [0.25, 0.3) is 10.9 Å². The molecular formula is C12H11NO2. The monoisotopic (exact) mass is 201 g/mol. The maximum absolute atomic E-state index is 11.0. The quantitative estimate of drug-likeness (QED) is 0.771. The van der Waals surface area contributed by atoms with Gasteiger partial charge in [-0.05, 0) is 31.5 Å². The zero-order valence-electron chi connectivity index (χ0n) is 8.61. The zero-order chi connectivity index (χ0) is 11.0. The Kier molecular flexibility index (Phi) is 2.15. The molecule has 2 rings (SSSR count). The van der Waals surface area contributed by atoms with E-state index < -0.39 is 5.97 Å². The highest BCUT2D eigenvalue weighted by Crippen LogP contribution is 2.19. The molecule has 0 saturated carbocycles. The number of aryl methyl sites for hydroxylation is 2. The van der Waals surface area contributed by atoms with Gasteiger partial charge in [0.05, 0.1) is 11.1 Å².